The Labute approximate surface area is 148 Å². The quantitative estimate of drug-likeness (QED) is 0.297. The van der Waals surface area contributed by atoms with Crippen LogP contribution in [-0.2, 0) is 16.5 Å². The normalized spacial score (nSPS) is 10.0. The van der Waals surface area contributed by atoms with Crippen molar-refractivity contribution in [3.8, 4) is 0 Å². The fourth-order valence-corrected chi connectivity index (χ4v) is 3.77. The first kappa shape index (κ1) is 22.7. The van der Waals surface area contributed by atoms with Crippen LogP contribution < -0.4 is 10.6 Å². The van der Waals surface area contributed by atoms with Crippen molar-refractivity contribution < 1.29 is 16.5 Å². The summed E-state index contributed by atoms with van der Waals surface area (Å²) in [5.41, 5.74) is 0. The monoisotopic (exact) mass is 389 g/mol. The van der Waals surface area contributed by atoms with E-state index in [2.05, 4.69) is 66.8 Å². The summed E-state index contributed by atoms with van der Waals surface area (Å²) >= 11 is 0. The minimum atomic E-state index is 0. The third-order valence-electron chi connectivity index (χ3n) is 2.43. The van der Waals surface area contributed by atoms with Crippen molar-refractivity contribution in [3.63, 3.8) is 0 Å². The zero-order chi connectivity index (χ0) is 11.8. The molecule has 0 aliphatic heterocycles. The molecule has 0 saturated heterocycles. The van der Waals surface area contributed by atoms with Crippen LogP contribution in [0.4, 0.5) is 0 Å². The molecule has 0 radical (unpaired) electrons. The molecule has 0 aliphatic carbocycles. The van der Waals surface area contributed by atoms with Gasteiger partial charge in [0.05, 0.1) is 0 Å². The predicted molar refractivity (Wildman–Crippen MR) is 97.1 cm³/mol. The van der Waals surface area contributed by atoms with Crippen LogP contribution in [0.5, 0.6) is 0 Å². The molecular weight excluding hydrogens is 372 g/mol. The summed E-state index contributed by atoms with van der Waals surface area (Å²) in [6, 6.07) is 21.5. The molecular formula is C15H19Cl2NiP2-. The average Bonchev–Trinajstić information content (AvgIpc) is 2.41. The fraction of sp³-hybridized carbons (Fsp3) is 0.133. The molecule has 0 N–H and O–H groups in total. The molecule has 114 valence electrons. The number of halogens is 2. The molecule has 0 saturated carbocycles. The van der Waals surface area contributed by atoms with Crippen LogP contribution >= 0.6 is 42.0 Å². The van der Waals surface area contributed by atoms with Gasteiger partial charge < -0.3 is 6.16 Å². The molecule has 0 spiro atoms. The summed E-state index contributed by atoms with van der Waals surface area (Å²) in [4.78, 5) is 0. The molecule has 0 fully saturated rings. The number of rotatable bonds is 6. The summed E-state index contributed by atoms with van der Waals surface area (Å²) in [7, 11) is 1.80. The Morgan fingerprint density at radius 3 is 1.80 bits per heavy atom. The molecule has 0 bridgehead atoms. The largest absolute Gasteiger partial charge is 0.301 e. The standard InChI is InChI=1S/C15H17P2.2ClH.Ni/c1-3-8-14(9-4-1)16-12-7-13-17-15-10-5-2-6-11-15;;;/h1-6,8-12,16-17H,7,13H2;2*1H;/q-1;;;. The topological polar surface area (TPSA) is 0 Å². The summed E-state index contributed by atoms with van der Waals surface area (Å²) in [6.45, 7) is 0. The van der Waals surface area contributed by atoms with Gasteiger partial charge in [0.1, 0.15) is 0 Å². The van der Waals surface area contributed by atoms with Crippen molar-refractivity contribution in [1.82, 2.24) is 0 Å². The van der Waals surface area contributed by atoms with E-state index in [1.807, 2.05) is 0 Å². The van der Waals surface area contributed by atoms with Gasteiger partial charge in [0.2, 0.25) is 0 Å². The molecule has 5 heteroatoms. The molecule has 0 amide bonds. The van der Waals surface area contributed by atoms with Gasteiger partial charge in [0.25, 0.3) is 0 Å². The van der Waals surface area contributed by atoms with Gasteiger partial charge in [-0.05, 0) is 5.30 Å². The average molecular weight is 391 g/mol. The Morgan fingerprint density at radius 2 is 1.25 bits per heavy atom. The van der Waals surface area contributed by atoms with Crippen LogP contribution in [0, 0.1) is 6.16 Å². The van der Waals surface area contributed by atoms with Crippen molar-refractivity contribution in [3.05, 3.63) is 66.8 Å². The van der Waals surface area contributed by atoms with Crippen LogP contribution in [0.1, 0.15) is 6.42 Å². The van der Waals surface area contributed by atoms with Crippen LogP contribution in [-0.4, -0.2) is 6.16 Å². The van der Waals surface area contributed by atoms with Crippen LogP contribution in [0.2, 0.25) is 0 Å². The fourth-order valence-electron chi connectivity index (χ4n) is 1.57. The van der Waals surface area contributed by atoms with Gasteiger partial charge in [-0.3, -0.25) is 8.58 Å². The number of benzene rings is 2. The predicted octanol–water partition coefficient (Wildman–Crippen LogP) is 4.39. The Morgan fingerprint density at radius 1 is 0.750 bits per heavy atom. The Bertz CT molecular complexity index is 385. The van der Waals surface area contributed by atoms with E-state index in [1.165, 1.54) is 23.2 Å². The van der Waals surface area contributed by atoms with Crippen molar-refractivity contribution in [1.29, 1.82) is 0 Å². The van der Waals surface area contributed by atoms with Crippen LogP contribution in [0.25, 0.3) is 0 Å². The first-order chi connectivity index (χ1) is 8.45. The first-order valence-corrected chi connectivity index (χ1v) is 8.16. The zero-order valence-electron chi connectivity index (χ0n) is 10.9. The van der Waals surface area contributed by atoms with Gasteiger partial charge in [-0.25, -0.2) is 0 Å². The van der Waals surface area contributed by atoms with Crippen molar-refractivity contribution >= 4 is 52.6 Å². The second-order valence-electron chi connectivity index (χ2n) is 3.80. The molecule has 0 nitrogen and oxygen atoms in total. The first-order valence-electron chi connectivity index (χ1n) is 5.87. The second kappa shape index (κ2) is 14.3. The van der Waals surface area contributed by atoms with E-state index in [0.717, 1.165) is 17.2 Å². The van der Waals surface area contributed by atoms with Gasteiger partial charge in [0.15, 0.2) is 0 Å². The third-order valence-corrected chi connectivity index (χ3v) is 4.87. The van der Waals surface area contributed by atoms with E-state index in [1.54, 1.807) is 0 Å². The number of hydrogen-bond acceptors (Lipinski definition) is 0. The van der Waals surface area contributed by atoms with E-state index in [0.29, 0.717) is 0 Å². The van der Waals surface area contributed by atoms with Gasteiger partial charge in [0, 0.05) is 16.5 Å². The molecule has 2 unspecified atom stereocenters. The van der Waals surface area contributed by atoms with Crippen LogP contribution in [0.3, 0.4) is 0 Å². The van der Waals surface area contributed by atoms with E-state index >= 15 is 0 Å². The summed E-state index contributed by atoms with van der Waals surface area (Å²) in [5.74, 6) is 0. The second-order valence-corrected chi connectivity index (χ2v) is 6.50. The SMILES string of the molecule is Cl.Cl.[Ni].c1ccc(P[CH-]CCPc2ccccc2)cc1. The van der Waals surface area contributed by atoms with Crippen molar-refractivity contribution in [2.24, 2.45) is 0 Å². The zero-order valence-corrected chi connectivity index (χ0v) is 15.5. The maximum absolute atomic E-state index is 2.42. The van der Waals surface area contributed by atoms with Gasteiger partial charge >= 0.3 is 0 Å². The smallest absolute Gasteiger partial charge is 0 e. The Balaban J connectivity index is 0. The van der Waals surface area contributed by atoms with E-state index in [4.69, 9.17) is 0 Å². The van der Waals surface area contributed by atoms with Gasteiger partial charge in [-0.2, -0.15) is 6.42 Å². The maximum atomic E-state index is 2.42. The van der Waals surface area contributed by atoms with Crippen LogP contribution in [0.15, 0.2) is 60.7 Å². The molecule has 0 aliphatic rings. The Kier molecular flexibility index (Phi) is 16.2. The third kappa shape index (κ3) is 9.34. The molecule has 20 heavy (non-hydrogen) atoms. The molecule has 2 atom stereocenters. The van der Waals surface area contributed by atoms with E-state index in [9.17, 15) is 0 Å². The van der Waals surface area contributed by atoms with Gasteiger partial charge in [-0.1, -0.05) is 80.7 Å². The Hall–Kier alpha value is 0.374. The molecule has 0 aromatic heterocycles. The number of hydrogen-bond donors (Lipinski definition) is 0. The molecule has 2 rings (SSSR count). The summed E-state index contributed by atoms with van der Waals surface area (Å²) < 4.78 is 0. The van der Waals surface area contributed by atoms with E-state index < -0.39 is 0 Å². The molecule has 2 aromatic rings. The summed E-state index contributed by atoms with van der Waals surface area (Å²) in [5, 5.41) is 2.92. The van der Waals surface area contributed by atoms with E-state index in [-0.39, 0.29) is 41.3 Å². The molecule has 0 heterocycles. The van der Waals surface area contributed by atoms with Crippen molar-refractivity contribution in [2.75, 3.05) is 6.16 Å². The van der Waals surface area contributed by atoms with Crippen molar-refractivity contribution in [2.45, 2.75) is 6.42 Å². The minimum absolute atomic E-state index is 0. The summed E-state index contributed by atoms with van der Waals surface area (Å²) in [6.07, 6.45) is 4.93. The van der Waals surface area contributed by atoms with Gasteiger partial charge in [-0.15, -0.1) is 24.8 Å². The maximum Gasteiger partial charge on any atom is 0 e. The molecule has 2 aromatic carbocycles. The minimum Gasteiger partial charge on any atom is -0.301 e.